The Morgan fingerprint density at radius 1 is 1.62 bits per heavy atom. The fourth-order valence-corrected chi connectivity index (χ4v) is 1.60. The van der Waals surface area contributed by atoms with Gasteiger partial charge in [-0.05, 0) is 6.92 Å². The van der Waals surface area contributed by atoms with Gasteiger partial charge >= 0.3 is 0 Å². The van der Waals surface area contributed by atoms with E-state index in [1.165, 1.54) is 7.11 Å². The number of methoxy groups -OCH3 is 1. The van der Waals surface area contributed by atoms with Crippen molar-refractivity contribution in [2.45, 2.75) is 6.92 Å². The van der Waals surface area contributed by atoms with E-state index in [-0.39, 0.29) is 24.8 Å². The molecule has 0 aliphatic heterocycles. The molecule has 76 valence electrons. The van der Waals surface area contributed by atoms with Gasteiger partial charge in [-0.25, -0.2) is 13.1 Å². The minimum Gasteiger partial charge on any atom is -0.384 e. The third kappa shape index (κ3) is 6.51. The van der Waals surface area contributed by atoms with Gasteiger partial charge in [0.1, 0.15) is 0 Å². The van der Waals surface area contributed by atoms with Crippen LogP contribution in [-0.2, 0) is 14.8 Å². The summed E-state index contributed by atoms with van der Waals surface area (Å²) in [6, 6.07) is 1.94. The zero-order chi connectivity index (χ0) is 10.3. The maximum atomic E-state index is 11.1. The molecule has 1 N–H and O–H groups in total. The van der Waals surface area contributed by atoms with Crippen molar-refractivity contribution in [1.29, 1.82) is 5.26 Å². The molecule has 0 rings (SSSR count). The summed E-state index contributed by atoms with van der Waals surface area (Å²) in [7, 11) is -1.84. The van der Waals surface area contributed by atoms with Gasteiger partial charge in [0.25, 0.3) is 0 Å². The molecule has 0 heterocycles. The normalized spacial score (nSPS) is 13.6. The number of sulfonamides is 1. The van der Waals surface area contributed by atoms with Crippen LogP contribution in [0.5, 0.6) is 0 Å². The van der Waals surface area contributed by atoms with E-state index in [2.05, 4.69) is 9.46 Å². The number of nitriles is 1. The summed E-state index contributed by atoms with van der Waals surface area (Å²) in [6.45, 7) is 1.97. The maximum Gasteiger partial charge on any atom is 0.213 e. The molecule has 1 unspecified atom stereocenters. The summed E-state index contributed by atoms with van der Waals surface area (Å²) >= 11 is 0. The molecule has 0 spiro atoms. The van der Waals surface area contributed by atoms with E-state index in [9.17, 15) is 8.42 Å². The van der Waals surface area contributed by atoms with Crippen molar-refractivity contribution >= 4 is 10.0 Å². The lowest BCUT2D eigenvalue weighted by atomic mass is 10.2. The summed E-state index contributed by atoms with van der Waals surface area (Å²) < 4.78 is 29.2. The molecule has 0 saturated carbocycles. The molecule has 6 heteroatoms. The molecule has 0 saturated heterocycles. The van der Waals surface area contributed by atoms with Gasteiger partial charge in [-0.1, -0.05) is 0 Å². The van der Waals surface area contributed by atoms with Gasteiger partial charge in [-0.3, -0.25) is 0 Å². The zero-order valence-electron chi connectivity index (χ0n) is 7.78. The van der Waals surface area contributed by atoms with Crippen LogP contribution in [0.15, 0.2) is 0 Å². The lowest BCUT2D eigenvalue weighted by Gasteiger charge is -2.06. The number of hydrogen-bond donors (Lipinski definition) is 1. The molecule has 0 aromatic heterocycles. The van der Waals surface area contributed by atoms with Crippen molar-refractivity contribution in [3.63, 3.8) is 0 Å². The fraction of sp³-hybridized carbons (Fsp3) is 0.857. The molecule has 13 heavy (non-hydrogen) atoms. The molecule has 0 fully saturated rings. The maximum absolute atomic E-state index is 11.1. The summed E-state index contributed by atoms with van der Waals surface area (Å²) in [5, 5.41) is 8.40. The average Bonchev–Trinajstić information content (AvgIpc) is 2.11. The van der Waals surface area contributed by atoms with Crippen molar-refractivity contribution in [2.24, 2.45) is 5.92 Å². The van der Waals surface area contributed by atoms with Gasteiger partial charge in [-0.2, -0.15) is 5.26 Å². The van der Waals surface area contributed by atoms with Gasteiger partial charge in [-0.15, -0.1) is 0 Å². The second kappa shape index (κ2) is 5.91. The first kappa shape index (κ1) is 12.4. The Kier molecular flexibility index (Phi) is 5.62. The van der Waals surface area contributed by atoms with Crippen LogP contribution in [-0.4, -0.2) is 34.4 Å². The fourth-order valence-electron chi connectivity index (χ4n) is 0.563. The van der Waals surface area contributed by atoms with Crippen LogP contribution >= 0.6 is 0 Å². The number of nitrogens with one attached hydrogen (secondary N) is 1. The highest BCUT2D eigenvalue weighted by Crippen LogP contribution is 1.91. The smallest absolute Gasteiger partial charge is 0.213 e. The number of hydrogen-bond acceptors (Lipinski definition) is 4. The Bertz CT molecular complexity index is 268. The molecular formula is C7H14N2O3S. The van der Waals surface area contributed by atoms with Crippen LogP contribution in [0.25, 0.3) is 0 Å². The first-order valence-corrected chi connectivity index (χ1v) is 5.53. The standard InChI is InChI=1S/C7H14N2O3S/c1-7(5-8)6-9-13(10,11)4-3-12-2/h7,9H,3-4,6H2,1-2H3. The van der Waals surface area contributed by atoms with E-state index in [4.69, 9.17) is 5.26 Å². The van der Waals surface area contributed by atoms with Crippen LogP contribution < -0.4 is 4.72 Å². The van der Waals surface area contributed by atoms with Crippen LogP contribution in [0.3, 0.4) is 0 Å². The first-order chi connectivity index (χ1) is 6.02. The minimum atomic E-state index is -3.28. The molecular weight excluding hydrogens is 192 g/mol. The van der Waals surface area contributed by atoms with Gasteiger partial charge < -0.3 is 4.74 Å². The Morgan fingerprint density at radius 3 is 2.69 bits per heavy atom. The highest BCUT2D eigenvalue weighted by Gasteiger charge is 2.10. The van der Waals surface area contributed by atoms with E-state index < -0.39 is 10.0 Å². The minimum absolute atomic E-state index is 0.0678. The molecule has 5 nitrogen and oxygen atoms in total. The molecule has 0 aliphatic carbocycles. The Labute approximate surface area is 78.7 Å². The van der Waals surface area contributed by atoms with E-state index >= 15 is 0 Å². The molecule has 0 aliphatic rings. The molecule has 0 amide bonds. The Balaban J connectivity index is 3.84. The van der Waals surface area contributed by atoms with Crippen LogP contribution in [0.2, 0.25) is 0 Å². The Hall–Kier alpha value is -0.640. The van der Waals surface area contributed by atoms with Gasteiger partial charge in [0.05, 0.1) is 24.3 Å². The third-order valence-corrected chi connectivity index (χ3v) is 2.70. The van der Waals surface area contributed by atoms with Crippen LogP contribution in [0, 0.1) is 17.2 Å². The Morgan fingerprint density at radius 2 is 2.23 bits per heavy atom. The van der Waals surface area contributed by atoms with E-state index in [0.717, 1.165) is 0 Å². The summed E-state index contributed by atoms with van der Waals surface area (Å²) in [5.41, 5.74) is 0. The first-order valence-electron chi connectivity index (χ1n) is 3.87. The summed E-state index contributed by atoms with van der Waals surface area (Å²) in [6.07, 6.45) is 0. The number of nitrogens with zero attached hydrogens (tertiary/aromatic N) is 1. The van der Waals surface area contributed by atoms with E-state index in [1.54, 1.807) is 6.92 Å². The van der Waals surface area contributed by atoms with Gasteiger partial charge in [0.2, 0.25) is 10.0 Å². The second-order valence-electron chi connectivity index (χ2n) is 2.69. The van der Waals surface area contributed by atoms with Crippen LogP contribution in [0.1, 0.15) is 6.92 Å². The van der Waals surface area contributed by atoms with Crippen LogP contribution in [0.4, 0.5) is 0 Å². The zero-order valence-corrected chi connectivity index (χ0v) is 8.60. The topological polar surface area (TPSA) is 79.2 Å². The number of rotatable bonds is 6. The summed E-state index contributed by atoms with van der Waals surface area (Å²) in [5.74, 6) is -0.376. The lowest BCUT2D eigenvalue weighted by molar-refractivity contribution is 0.217. The van der Waals surface area contributed by atoms with E-state index in [1.807, 2.05) is 6.07 Å². The SMILES string of the molecule is COCCS(=O)(=O)NCC(C)C#N. The molecule has 0 aromatic rings. The van der Waals surface area contributed by atoms with Gasteiger partial charge in [0.15, 0.2) is 0 Å². The molecule has 0 bridgehead atoms. The predicted octanol–water partition coefficient (Wildman–Crippen LogP) is -0.288. The monoisotopic (exact) mass is 206 g/mol. The lowest BCUT2D eigenvalue weighted by Crippen LogP contribution is -2.31. The summed E-state index contributed by atoms with van der Waals surface area (Å²) in [4.78, 5) is 0. The van der Waals surface area contributed by atoms with Crippen molar-refractivity contribution in [3.8, 4) is 6.07 Å². The van der Waals surface area contributed by atoms with Crippen molar-refractivity contribution < 1.29 is 13.2 Å². The molecule has 1 atom stereocenters. The van der Waals surface area contributed by atoms with E-state index in [0.29, 0.717) is 0 Å². The third-order valence-electron chi connectivity index (χ3n) is 1.39. The molecule has 0 aromatic carbocycles. The van der Waals surface area contributed by atoms with Crippen molar-refractivity contribution in [1.82, 2.24) is 4.72 Å². The van der Waals surface area contributed by atoms with Crippen molar-refractivity contribution in [3.05, 3.63) is 0 Å². The highest BCUT2D eigenvalue weighted by molar-refractivity contribution is 7.89. The predicted molar refractivity (Wildman–Crippen MR) is 48.4 cm³/mol. The number of ether oxygens (including phenoxy) is 1. The highest BCUT2D eigenvalue weighted by atomic mass is 32.2. The quantitative estimate of drug-likeness (QED) is 0.647. The van der Waals surface area contributed by atoms with Gasteiger partial charge in [0, 0.05) is 13.7 Å². The largest absolute Gasteiger partial charge is 0.384 e. The van der Waals surface area contributed by atoms with Crippen molar-refractivity contribution in [2.75, 3.05) is 26.0 Å². The molecule has 0 radical (unpaired) electrons. The second-order valence-corrected chi connectivity index (χ2v) is 4.62. The average molecular weight is 206 g/mol.